The van der Waals surface area contributed by atoms with Crippen LogP contribution in [-0.2, 0) is 10.2 Å². The van der Waals surface area contributed by atoms with E-state index in [-0.39, 0.29) is 17.6 Å². The molecule has 100 valence electrons. The lowest BCUT2D eigenvalue weighted by molar-refractivity contribution is -0.178. The number of carboxylic acid groups (broad SMARTS) is 1. The zero-order valence-electron chi connectivity index (χ0n) is 10.4. The summed E-state index contributed by atoms with van der Waals surface area (Å²) >= 11 is 0. The Morgan fingerprint density at radius 2 is 1.95 bits per heavy atom. The molecule has 2 bridgehead atoms. The van der Waals surface area contributed by atoms with Gasteiger partial charge in [-0.25, -0.2) is 0 Å². The van der Waals surface area contributed by atoms with Crippen LogP contribution < -0.4 is 15.2 Å². The Bertz CT molecular complexity index is 563. The fourth-order valence-corrected chi connectivity index (χ4v) is 3.99. The number of fused-ring (bicyclic) bond motifs is 1. The third-order valence-corrected chi connectivity index (χ3v) is 4.98. The number of benzene rings is 1. The molecule has 3 saturated carbocycles. The van der Waals surface area contributed by atoms with Gasteiger partial charge in [-0.05, 0) is 47.8 Å². The first-order valence-corrected chi connectivity index (χ1v) is 6.43. The zero-order chi connectivity index (χ0) is 13.3. The molecule has 1 unspecified atom stereocenters. The van der Waals surface area contributed by atoms with Gasteiger partial charge in [0.2, 0.25) is 6.79 Å². The number of carbonyl (C=O) groups is 1. The topological polar surface area (TPSA) is 81.8 Å². The van der Waals surface area contributed by atoms with Gasteiger partial charge >= 0.3 is 5.97 Å². The SMILES string of the molecule is NC(C(=O)O)C12CC(c3ccc4c(c3)OCO4)(C1)C2. The van der Waals surface area contributed by atoms with E-state index in [9.17, 15) is 4.79 Å². The van der Waals surface area contributed by atoms with Crippen molar-refractivity contribution >= 4 is 5.97 Å². The Balaban J connectivity index is 1.57. The van der Waals surface area contributed by atoms with Gasteiger partial charge in [0.1, 0.15) is 6.04 Å². The molecule has 1 aliphatic heterocycles. The van der Waals surface area contributed by atoms with Crippen molar-refractivity contribution in [3.63, 3.8) is 0 Å². The van der Waals surface area contributed by atoms with Crippen LogP contribution in [-0.4, -0.2) is 23.9 Å². The molecular formula is C14H15NO4. The molecular weight excluding hydrogens is 246 g/mol. The van der Waals surface area contributed by atoms with Crippen molar-refractivity contribution < 1.29 is 19.4 Å². The first kappa shape index (κ1) is 11.1. The van der Waals surface area contributed by atoms with Gasteiger partial charge in [-0.3, -0.25) is 4.79 Å². The molecule has 5 heteroatoms. The van der Waals surface area contributed by atoms with Gasteiger partial charge in [-0.1, -0.05) is 6.07 Å². The number of hydrogen-bond donors (Lipinski definition) is 2. The van der Waals surface area contributed by atoms with E-state index >= 15 is 0 Å². The Hall–Kier alpha value is -1.75. The van der Waals surface area contributed by atoms with E-state index < -0.39 is 12.0 Å². The molecule has 1 aromatic rings. The normalized spacial score (nSPS) is 35.2. The van der Waals surface area contributed by atoms with E-state index in [0.29, 0.717) is 0 Å². The van der Waals surface area contributed by atoms with Crippen molar-refractivity contribution in [3.05, 3.63) is 23.8 Å². The van der Waals surface area contributed by atoms with Gasteiger partial charge in [-0.15, -0.1) is 0 Å². The molecule has 19 heavy (non-hydrogen) atoms. The standard InChI is InChI=1S/C14H15NO4/c15-11(12(16)17)14-4-13(5-14,6-14)8-1-2-9-10(3-8)19-7-18-9/h1-3,11H,4-7,15H2,(H,16,17). The number of carboxylic acids is 1. The van der Waals surface area contributed by atoms with Crippen LogP contribution in [0.4, 0.5) is 0 Å². The van der Waals surface area contributed by atoms with Crippen molar-refractivity contribution in [2.24, 2.45) is 11.1 Å². The second-order valence-electron chi connectivity index (χ2n) is 6.06. The van der Waals surface area contributed by atoms with Crippen LogP contribution in [0.5, 0.6) is 11.5 Å². The van der Waals surface area contributed by atoms with Gasteiger partial charge < -0.3 is 20.3 Å². The third kappa shape index (κ3) is 1.26. The van der Waals surface area contributed by atoms with E-state index in [0.717, 1.165) is 30.8 Å². The van der Waals surface area contributed by atoms with E-state index in [4.69, 9.17) is 20.3 Å². The highest BCUT2D eigenvalue weighted by atomic mass is 16.7. The summed E-state index contributed by atoms with van der Waals surface area (Å²) in [5.41, 5.74) is 6.94. The molecule has 4 aliphatic rings. The largest absolute Gasteiger partial charge is 0.480 e. The maximum Gasteiger partial charge on any atom is 0.321 e. The zero-order valence-corrected chi connectivity index (χ0v) is 10.4. The van der Waals surface area contributed by atoms with E-state index in [1.54, 1.807) is 0 Å². The van der Waals surface area contributed by atoms with Crippen LogP contribution in [0.3, 0.4) is 0 Å². The second kappa shape index (κ2) is 3.22. The predicted octanol–water partition coefficient (Wildman–Crippen LogP) is 1.25. The van der Waals surface area contributed by atoms with Crippen molar-refractivity contribution in [3.8, 4) is 11.5 Å². The maximum atomic E-state index is 11.0. The van der Waals surface area contributed by atoms with Crippen LogP contribution in [0.25, 0.3) is 0 Å². The summed E-state index contributed by atoms with van der Waals surface area (Å²) in [6.07, 6.45) is 2.60. The van der Waals surface area contributed by atoms with Crippen molar-refractivity contribution in [2.45, 2.75) is 30.7 Å². The third-order valence-electron chi connectivity index (χ3n) is 4.98. The first-order chi connectivity index (χ1) is 9.05. The van der Waals surface area contributed by atoms with Crippen molar-refractivity contribution in [2.75, 3.05) is 6.79 Å². The Morgan fingerprint density at radius 3 is 2.63 bits per heavy atom. The Kier molecular flexibility index (Phi) is 1.88. The van der Waals surface area contributed by atoms with Gasteiger partial charge in [-0.2, -0.15) is 0 Å². The molecule has 0 radical (unpaired) electrons. The Labute approximate surface area is 110 Å². The fourth-order valence-electron chi connectivity index (χ4n) is 3.99. The van der Waals surface area contributed by atoms with Gasteiger partial charge in [0.05, 0.1) is 0 Å². The number of aliphatic carboxylic acids is 1. The minimum absolute atomic E-state index is 0.119. The molecule has 0 saturated heterocycles. The second-order valence-corrected chi connectivity index (χ2v) is 6.06. The average molecular weight is 261 g/mol. The molecule has 0 amide bonds. The highest BCUT2D eigenvalue weighted by Gasteiger charge is 2.71. The molecule has 1 heterocycles. The fraction of sp³-hybridized carbons (Fsp3) is 0.500. The van der Waals surface area contributed by atoms with E-state index in [1.165, 1.54) is 5.56 Å². The summed E-state index contributed by atoms with van der Waals surface area (Å²) in [4.78, 5) is 11.0. The molecule has 1 atom stereocenters. The molecule has 3 aliphatic carbocycles. The number of hydrogen-bond acceptors (Lipinski definition) is 4. The quantitative estimate of drug-likeness (QED) is 0.855. The first-order valence-electron chi connectivity index (χ1n) is 6.43. The summed E-state index contributed by atoms with van der Waals surface area (Å²) in [5, 5.41) is 9.03. The molecule has 1 aromatic carbocycles. The lowest BCUT2D eigenvalue weighted by atomic mass is 9.31. The number of rotatable bonds is 3. The van der Waals surface area contributed by atoms with Gasteiger partial charge in [0.25, 0.3) is 0 Å². The van der Waals surface area contributed by atoms with Crippen molar-refractivity contribution in [1.29, 1.82) is 0 Å². The van der Waals surface area contributed by atoms with Crippen LogP contribution in [0.15, 0.2) is 18.2 Å². The van der Waals surface area contributed by atoms with Crippen LogP contribution in [0.2, 0.25) is 0 Å². The summed E-state index contributed by atoms with van der Waals surface area (Å²) in [6, 6.07) is 5.28. The van der Waals surface area contributed by atoms with Crippen molar-refractivity contribution in [1.82, 2.24) is 0 Å². The summed E-state index contributed by atoms with van der Waals surface area (Å²) in [6.45, 7) is 0.277. The monoisotopic (exact) mass is 261 g/mol. The van der Waals surface area contributed by atoms with Gasteiger partial charge in [0.15, 0.2) is 11.5 Å². The minimum Gasteiger partial charge on any atom is -0.480 e. The van der Waals surface area contributed by atoms with E-state index in [2.05, 4.69) is 6.07 Å². The average Bonchev–Trinajstić information content (AvgIpc) is 2.72. The minimum atomic E-state index is -0.890. The molecule has 3 fully saturated rings. The smallest absolute Gasteiger partial charge is 0.321 e. The molecule has 5 rings (SSSR count). The maximum absolute atomic E-state index is 11.0. The van der Waals surface area contributed by atoms with Crippen LogP contribution in [0.1, 0.15) is 24.8 Å². The lowest BCUT2D eigenvalue weighted by Crippen LogP contribution is -2.72. The predicted molar refractivity (Wildman–Crippen MR) is 66.1 cm³/mol. The van der Waals surface area contributed by atoms with Crippen LogP contribution in [0, 0.1) is 5.41 Å². The molecule has 5 nitrogen and oxygen atoms in total. The highest BCUT2D eigenvalue weighted by molar-refractivity contribution is 5.76. The summed E-state index contributed by atoms with van der Waals surface area (Å²) in [7, 11) is 0. The van der Waals surface area contributed by atoms with E-state index in [1.807, 2.05) is 12.1 Å². The summed E-state index contributed by atoms with van der Waals surface area (Å²) in [5.74, 6) is 0.685. The molecule has 0 aromatic heterocycles. The highest BCUT2D eigenvalue weighted by Crippen LogP contribution is 2.74. The molecule has 0 spiro atoms. The van der Waals surface area contributed by atoms with Gasteiger partial charge in [0, 0.05) is 0 Å². The van der Waals surface area contributed by atoms with Crippen LogP contribution >= 0.6 is 0 Å². The summed E-state index contributed by atoms with van der Waals surface area (Å²) < 4.78 is 10.7. The lowest BCUT2D eigenvalue weighted by Gasteiger charge is -2.72. The number of ether oxygens (including phenoxy) is 2. The Morgan fingerprint density at radius 1 is 1.26 bits per heavy atom. The molecule has 3 N–H and O–H groups in total. The number of nitrogens with two attached hydrogens (primary N) is 1.